The Balaban J connectivity index is 3.34. The third kappa shape index (κ3) is 8.48. The van der Waals surface area contributed by atoms with Crippen LogP contribution in [0, 0.1) is 0 Å². The molecular formula is C13H24O3. The number of hydrogen-bond acceptors (Lipinski definition) is 3. The van der Waals surface area contributed by atoms with Crippen molar-refractivity contribution in [3.05, 3.63) is 12.2 Å². The van der Waals surface area contributed by atoms with Gasteiger partial charge in [-0.3, -0.25) is 0 Å². The molecule has 0 bridgehead atoms. The van der Waals surface area contributed by atoms with Crippen molar-refractivity contribution in [3.8, 4) is 0 Å². The number of ether oxygens (including phenoxy) is 1. The van der Waals surface area contributed by atoms with Gasteiger partial charge in [0.1, 0.15) is 0 Å². The normalized spacial score (nSPS) is 12.0. The second kappa shape index (κ2) is 8.34. The predicted octanol–water partition coefficient (Wildman–Crippen LogP) is 2.83. The van der Waals surface area contributed by atoms with E-state index >= 15 is 0 Å². The number of unbranched alkanes of at least 4 members (excludes halogenated alkanes) is 3. The highest BCUT2D eigenvalue weighted by Gasteiger charge is 2.25. The van der Waals surface area contributed by atoms with Gasteiger partial charge in [0.2, 0.25) is 0 Å². The van der Waals surface area contributed by atoms with Crippen molar-refractivity contribution in [2.45, 2.75) is 58.5 Å². The van der Waals surface area contributed by atoms with E-state index in [4.69, 9.17) is 4.74 Å². The summed E-state index contributed by atoms with van der Waals surface area (Å²) in [6, 6.07) is 0. The Kier molecular flexibility index (Phi) is 7.90. The highest BCUT2D eigenvalue weighted by molar-refractivity contribution is 5.78. The highest BCUT2D eigenvalue weighted by Crippen LogP contribution is 2.06. The molecule has 0 heterocycles. The van der Waals surface area contributed by atoms with E-state index in [0.29, 0.717) is 6.61 Å². The molecule has 0 unspecified atom stereocenters. The number of rotatable bonds is 8. The van der Waals surface area contributed by atoms with Gasteiger partial charge in [0, 0.05) is 0 Å². The molecule has 0 saturated heterocycles. The molecule has 3 heteroatoms. The zero-order chi connectivity index (χ0) is 12.4. The molecule has 0 aliphatic rings. The fraction of sp³-hybridized carbons (Fsp3) is 0.769. The number of hydrogen-bond donors (Lipinski definition) is 1. The minimum Gasteiger partial charge on any atom is -0.464 e. The van der Waals surface area contributed by atoms with Gasteiger partial charge < -0.3 is 9.84 Å². The van der Waals surface area contributed by atoms with Gasteiger partial charge in [0.25, 0.3) is 0 Å². The van der Waals surface area contributed by atoms with Crippen LogP contribution in [0.15, 0.2) is 12.2 Å². The molecule has 1 N–H and O–H groups in total. The lowest BCUT2D eigenvalue weighted by atomic mass is 10.1. The molecule has 0 amide bonds. The van der Waals surface area contributed by atoms with Crippen LogP contribution < -0.4 is 0 Å². The third-order valence-electron chi connectivity index (χ3n) is 2.15. The Morgan fingerprint density at radius 2 is 1.94 bits per heavy atom. The molecule has 0 rings (SSSR count). The van der Waals surface area contributed by atoms with Gasteiger partial charge in [-0.1, -0.05) is 19.1 Å². The van der Waals surface area contributed by atoms with Crippen molar-refractivity contribution in [2.75, 3.05) is 6.61 Å². The van der Waals surface area contributed by atoms with Crippen molar-refractivity contribution in [3.63, 3.8) is 0 Å². The van der Waals surface area contributed by atoms with Gasteiger partial charge in [-0.2, -0.15) is 0 Å². The molecule has 16 heavy (non-hydrogen) atoms. The molecule has 0 spiro atoms. The van der Waals surface area contributed by atoms with Crippen molar-refractivity contribution in [2.24, 2.45) is 0 Å². The second-order valence-corrected chi connectivity index (χ2v) is 4.42. The first-order valence-electron chi connectivity index (χ1n) is 6.03. The minimum absolute atomic E-state index is 0.403. The van der Waals surface area contributed by atoms with Crippen LogP contribution in [-0.2, 0) is 9.53 Å². The van der Waals surface area contributed by atoms with E-state index in [-0.39, 0.29) is 0 Å². The summed E-state index contributed by atoms with van der Waals surface area (Å²) < 4.78 is 4.93. The molecule has 0 fully saturated rings. The maximum atomic E-state index is 11.2. The van der Waals surface area contributed by atoms with E-state index < -0.39 is 11.6 Å². The van der Waals surface area contributed by atoms with Crippen LogP contribution in [0.4, 0.5) is 0 Å². The average molecular weight is 228 g/mol. The Bertz CT molecular complexity index is 214. The van der Waals surface area contributed by atoms with E-state index in [0.717, 1.165) is 32.1 Å². The molecule has 0 aliphatic carbocycles. The molecule has 0 aromatic rings. The Hall–Kier alpha value is -0.830. The largest absolute Gasteiger partial charge is 0.464 e. The number of carbonyl (C=O) groups is 1. The molecular weight excluding hydrogens is 204 g/mol. The lowest BCUT2D eigenvalue weighted by molar-refractivity contribution is -0.161. The van der Waals surface area contributed by atoms with Crippen LogP contribution in [0.3, 0.4) is 0 Å². The van der Waals surface area contributed by atoms with Crippen molar-refractivity contribution >= 4 is 5.97 Å². The third-order valence-corrected chi connectivity index (χ3v) is 2.15. The van der Waals surface area contributed by atoms with Crippen LogP contribution in [0.25, 0.3) is 0 Å². The first-order valence-corrected chi connectivity index (χ1v) is 6.03. The van der Waals surface area contributed by atoms with Crippen molar-refractivity contribution in [1.29, 1.82) is 0 Å². The van der Waals surface area contributed by atoms with Crippen molar-refractivity contribution < 1.29 is 14.6 Å². The summed E-state index contributed by atoms with van der Waals surface area (Å²) in [7, 11) is 0. The van der Waals surface area contributed by atoms with Crippen LogP contribution in [0.1, 0.15) is 52.9 Å². The van der Waals surface area contributed by atoms with E-state index in [1.165, 1.54) is 13.8 Å². The first kappa shape index (κ1) is 15.2. The van der Waals surface area contributed by atoms with Gasteiger partial charge in [0.05, 0.1) is 6.61 Å². The Morgan fingerprint density at radius 3 is 2.50 bits per heavy atom. The lowest BCUT2D eigenvalue weighted by Gasteiger charge is -2.15. The topological polar surface area (TPSA) is 46.5 Å². The van der Waals surface area contributed by atoms with E-state index in [1.54, 1.807) is 0 Å². The van der Waals surface area contributed by atoms with Gasteiger partial charge in [0.15, 0.2) is 5.60 Å². The van der Waals surface area contributed by atoms with Crippen LogP contribution in [-0.4, -0.2) is 23.3 Å². The molecule has 0 saturated carbocycles. The maximum absolute atomic E-state index is 11.2. The summed E-state index contributed by atoms with van der Waals surface area (Å²) >= 11 is 0. The fourth-order valence-corrected chi connectivity index (χ4v) is 1.17. The molecule has 0 atom stereocenters. The summed E-state index contributed by atoms with van der Waals surface area (Å²) in [5.74, 6) is -0.543. The second-order valence-electron chi connectivity index (χ2n) is 4.42. The van der Waals surface area contributed by atoms with E-state index in [2.05, 4.69) is 19.1 Å². The summed E-state index contributed by atoms with van der Waals surface area (Å²) in [6.07, 6.45) is 9.55. The first-order chi connectivity index (χ1) is 7.48. The van der Waals surface area contributed by atoms with Crippen LogP contribution in [0.5, 0.6) is 0 Å². The molecule has 0 aromatic heterocycles. The van der Waals surface area contributed by atoms with Gasteiger partial charge in [-0.25, -0.2) is 4.79 Å². The molecule has 0 aromatic carbocycles. The Morgan fingerprint density at radius 1 is 1.25 bits per heavy atom. The summed E-state index contributed by atoms with van der Waals surface area (Å²) in [5.41, 5.74) is -1.37. The average Bonchev–Trinajstić information content (AvgIpc) is 2.20. The van der Waals surface area contributed by atoms with Crippen LogP contribution in [0.2, 0.25) is 0 Å². The summed E-state index contributed by atoms with van der Waals surface area (Å²) in [4.78, 5) is 11.2. The minimum atomic E-state index is -1.37. The maximum Gasteiger partial charge on any atom is 0.337 e. The number of aliphatic hydroxyl groups is 1. The van der Waals surface area contributed by atoms with Crippen LogP contribution >= 0.6 is 0 Å². The number of carbonyl (C=O) groups excluding carboxylic acids is 1. The monoisotopic (exact) mass is 228 g/mol. The quantitative estimate of drug-likeness (QED) is 0.395. The highest BCUT2D eigenvalue weighted by atomic mass is 16.5. The number of esters is 1. The predicted molar refractivity (Wildman–Crippen MR) is 65.2 cm³/mol. The van der Waals surface area contributed by atoms with E-state index in [1.807, 2.05) is 0 Å². The fourth-order valence-electron chi connectivity index (χ4n) is 1.17. The number of allylic oxidation sites excluding steroid dienone is 2. The molecule has 0 radical (unpaired) electrons. The molecule has 0 aliphatic heterocycles. The Labute approximate surface area is 98.5 Å². The standard InChI is InChI=1S/C13H24O3/c1-4-5-6-7-8-9-10-11-16-12(14)13(2,3)15/h5-6,15H,4,7-11H2,1-3H3. The zero-order valence-electron chi connectivity index (χ0n) is 10.7. The SMILES string of the molecule is CCC=CCCCCCOC(=O)C(C)(C)O. The van der Waals surface area contributed by atoms with Crippen molar-refractivity contribution in [1.82, 2.24) is 0 Å². The molecule has 3 nitrogen and oxygen atoms in total. The smallest absolute Gasteiger partial charge is 0.337 e. The molecule has 94 valence electrons. The van der Waals surface area contributed by atoms with Gasteiger partial charge in [-0.05, 0) is 46.0 Å². The van der Waals surface area contributed by atoms with E-state index in [9.17, 15) is 9.90 Å². The lowest BCUT2D eigenvalue weighted by Crippen LogP contribution is -2.33. The zero-order valence-corrected chi connectivity index (χ0v) is 10.7. The van der Waals surface area contributed by atoms with Gasteiger partial charge in [-0.15, -0.1) is 0 Å². The summed E-state index contributed by atoms with van der Waals surface area (Å²) in [6.45, 7) is 5.39. The summed E-state index contributed by atoms with van der Waals surface area (Å²) in [5, 5.41) is 9.30. The van der Waals surface area contributed by atoms with Gasteiger partial charge >= 0.3 is 5.97 Å².